The maximum atomic E-state index is 13.4. The lowest BCUT2D eigenvalue weighted by Crippen LogP contribution is -2.38. The average molecular weight is 266 g/mol. The van der Waals surface area contributed by atoms with Crippen molar-refractivity contribution >= 4 is 11.6 Å². The number of hydrogen-bond donors (Lipinski definition) is 1. The van der Waals surface area contributed by atoms with E-state index in [9.17, 15) is 13.2 Å². The van der Waals surface area contributed by atoms with Crippen LogP contribution in [0.4, 0.5) is 13.2 Å². The standard InChI is InChI=1S/C12H15ClF3N/c1-2-5-17-11(12(15)16)6-8-3-4-9(13)7-10(8)14/h3-4,7,11-12,17H,2,5-6H2,1H3. The fourth-order valence-corrected chi connectivity index (χ4v) is 1.66. The van der Waals surface area contributed by atoms with E-state index in [1.807, 2.05) is 6.92 Å². The van der Waals surface area contributed by atoms with Gasteiger partial charge >= 0.3 is 0 Å². The summed E-state index contributed by atoms with van der Waals surface area (Å²) in [7, 11) is 0. The highest BCUT2D eigenvalue weighted by molar-refractivity contribution is 6.30. The summed E-state index contributed by atoms with van der Waals surface area (Å²) in [5, 5.41) is 2.97. The first-order valence-corrected chi connectivity index (χ1v) is 5.87. The second-order valence-electron chi connectivity index (χ2n) is 3.83. The van der Waals surface area contributed by atoms with Crippen LogP contribution in [-0.2, 0) is 6.42 Å². The zero-order valence-electron chi connectivity index (χ0n) is 9.52. The topological polar surface area (TPSA) is 12.0 Å². The van der Waals surface area contributed by atoms with Crippen LogP contribution >= 0.6 is 11.6 Å². The Morgan fingerprint density at radius 1 is 1.35 bits per heavy atom. The molecule has 1 unspecified atom stereocenters. The van der Waals surface area contributed by atoms with E-state index < -0.39 is 18.3 Å². The third-order valence-corrected chi connectivity index (χ3v) is 2.65. The number of nitrogens with one attached hydrogen (secondary N) is 1. The summed E-state index contributed by atoms with van der Waals surface area (Å²) in [6, 6.07) is 3.06. The van der Waals surface area contributed by atoms with E-state index in [2.05, 4.69) is 5.32 Å². The first-order chi connectivity index (χ1) is 8.04. The second kappa shape index (κ2) is 6.87. The van der Waals surface area contributed by atoms with Crippen LogP contribution in [-0.4, -0.2) is 19.0 Å². The van der Waals surface area contributed by atoms with Gasteiger partial charge in [0.2, 0.25) is 0 Å². The quantitative estimate of drug-likeness (QED) is 0.828. The van der Waals surface area contributed by atoms with Gasteiger partial charge in [-0.25, -0.2) is 13.2 Å². The predicted molar refractivity (Wildman–Crippen MR) is 63.2 cm³/mol. The summed E-state index contributed by atoms with van der Waals surface area (Å²) in [6.45, 7) is 2.38. The van der Waals surface area contributed by atoms with Crippen LogP contribution in [0.3, 0.4) is 0 Å². The number of rotatable bonds is 6. The largest absolute Gasteiger partial charge is 0.309 e. The van der Waals surface area contributed by atoms with Gasteiger partial charge in [-0.15, -0.1) is 0 Å². The molecule has 96 valence electrons. The van der Waals surface area contributed by atoms with Crippen molar-refractivity contribution in [1.29, 1.82) is 0 Å². The highest BCUT2D eigenvalue weighted by Gasteiger charge is 2.21. The third-order valence-electron chi connectivity index (χ3n) is 2.42. The number of benzene rings is 1. The Labute approximate surface area is 104 Å². The smallest absolute Gasteiger partial charge is 0.254 e. The maximum absolute atomic E-state index is 13.4. The molecule has 1 nitrogen and oxygen atoms in total. The Balaban J connectivity index is 2.71. The molecule has 1 atom stereocenters. The molecular formula is C12H15ClF3N. The van der Waals surface area contributed by atoms with Gasteiger partial charge in [0.05, 0.1) is 6.04 Å². The first-order valence-electron chi connectivity index (χ1n) is 5.50. The normalized spacial score (nSPS) is 13.1. The van der Waals surface area contributed by atoms with Crippen LogP contribution in [0.1, 0.15) is 18.9 Å². The summed E-state index contributed by atoms with van der Waals surface area (Å²) in [5.74, 6) is -0.540. The van der Waals surface area contributed by atoms with Crippen molar-refractivity contribution in [2.45, 2.75) is 32.2 Å². The molecule has 1 rings (SSSR count). The molecule has 1 N–H and O–H groups in total. The Hall–Kier alpha value is -0.740. The molecule has 0 aliphatic carbocycles. The van der Waals surface area contributed by atoms with E-state index >= 15 is 0 Å². The number of hydrogen-bond acceptors (Lipinski definition) is 1. The molecular weight excluding hydrogens is 251 g/mol. The van der Waals surface area contributed by atoms with E-state index in [0.29, 0.717) is 6.54 Å². The fourth-order valence-electron chi connectivity index (χ4n) is 1.50. The van der Waals surface area contributed by atoms with Gasteiger partial charge in [0.25, 0.3) is 6.43 Å². The molecule has 1 aromatic carbocycles. The zero-order valence-corrected chi connectivity index (χ0v) is 10.3. The monoisotopic (exact) mass is 265 g/mol. The van der Waals surface area contributed by atoms with E-state index in [1.54, 1.807) is 0 Å². The van der Waals surface area contributed by atoms with Gasteiger partial charge in [-0.1, -0.05) is 24.6 Å². The van der Waals surface area contributed by atoms with E-state index in [1.165, 1.54) is 12.1 Å². The summed E-state index contributed by atoms with van der Waals surface area (Å²) < 4.78 is 38.9. The lowest BCUT2D eigenvalue weighted by Gasteiger charge is -2.17. The molecule has 0 aliphatic rings. The number of alkyl halides is 2. The Kier molecular flexibility index (Phi) is 5.78. The van der Waals surface area contributed by atoms with Crippen LogP contribution in [0.15, 0.2) is 18.2 Å². The molecule has 0 saturated carbocycles. The van der Waals surface area contributed by atoms with E-state index in [0.717, 1.165) is 12.5 Å². The molecule has 0 amide bonds. The maximum Gasteiger partial charge on any atom is 0.254 e. The minimum absolute atomic E-state index is 0.0410. The SMILES string of the molecule is CCCNC(Cc1ccc(Cl)cc1F)C(F)F. The minimum Gasteiger partial charge on any atom is -0.309 e. The van der Waals surface area contributed by atoms with E-state index in [-0.39, 0.29) is 17.0 Å². The van der Waals surface area contributed by atoms with Crippen LogP contribution in [0, 0.1) is 5.82 Å². The van der Waals surface area contributed by atoms with Crippen molar-refractivity contribution in [3.8, 4) is 0 Å². The highest BCUT2D eigenvalue weighted by Crippen LogP contribution is 2.17. The molecule has 0 radical (unpaired) electrons. The van der Waals surface area contributed by atoms with Gasteiger partial charge in [-0.2, -0.15) is 0 Å². The Morgan fingerprint density at radius 3 is 2.59 bits per heavy atom. The Morgan fingerprint density at radius 2 is 2.06 bits per heavy atom. The van der Waals surface area contributed by atoms with Crippen molar-refractivity contribution in [2.24, 2.45) is 0 Å². The van der Waals surface area contributed by atoms with Gasteiger partial charge < -0.3 is 5.32 Å². The van der Waals surface area contributed by atoms with Crippen LogP contribution in [0.2, 0.25) is 5.02 Å². The van der Waals surface area contributed by atoms with E-state index in [4.69, 9.17) is 11.6 Å². The second-order valence-corrected chi connectivity index (χ2v) is 4.27. The van der Waals surface area contributed by atoms with Gasteiger partial charge in [0.15, 0.2) is 0 Å². The molecule has 0 heterocycles. The first kappa shape index (κ1) is 14.3. The third kappa shape index (κ3) is 4.56. The molecule has 1 aromatic rings. The van der Waals surface area contributed by atoms with Crippen molar-refractivity contribution in [1.82, 2.24) is 5.32 Å². The Bertz CT molecular complexity index is 358. The van der Waals surface area contributed by atoms with Crippen molar-refractivity contribution < 1.29 is 13.2 Å². The van der Waals surface area contributed by atoms with Gasteiger partial charge in [0, 0.05) is 5.02 Å². The fraction of sp³-hybridized carbons (Fsp3) is 0.500. The van der Waals surface area contributed by atoms with Crippen LogP contribution < -0.4 is 5.32 Å². The van der Waals surface area contributed by atoms with Crippen LogP contribution in [0.5, 0.6) is 0 Å². The predicted octanol–water partition coefficient (Wildman–Crippen LogP) is 3.65. The average Bonchev–Trinajstić information content (AvgIpc) is 2.26. The van der Waals surface area contributed by atoms with Gasteiger partial charge in [-0.3, -0.25) is 0 Å². The van der Waals surface area contributed by atoms with Crippen LogP contribution in [0.25, 0.3) is 0 Å². The minimum atomic E-state index is -2.52. The van der Waals surface area contributed by atoms with Gasteiger partial charge in [-0.05, 0) is 37.1 Å². The molecule has 0 aromatic heterocycles. The summed E-state index contributed by atoms with van der Waals surface area (Å²) in [6.07, 6.45) is -1.80. The van der Waals surface area contributed by atoms with Gasteiger partial charge in [0.1, 0.15) is 5.82 Å². The molecule has 0 saturated heterocycles. The van der Waals surface area contributed by atoms with Crippen molar-refractivity contribution in [3.63, 3.8) is 0 Å². The molecule has 0 spiro atoms. The lowest BCUT2D eigenvalue weighted by molar-refractivity contribution is 0.0979. The highest BCUT2D eigenvalue weighted by atomic mass is 35.5. The lowest BCUT2D eigenvalue weighted by atomic mass is 10.1. The number of halogens is 4. The summed E-state index contributed by atoms with van der Waals surface area (Å²) in [5.41, 5.74) is 0.253. The molecule has 0 bridgehead atoms. The zero-order chi connectivity index (χ0) is 12.8. The molecule has 5 heteroatoms. The summed E-state index contributed by atoms with van der Waals surface area (Å²) >= 11 is 5.60. The molecule has 0 aliphatic heterocycles. The van der Waals surface area contributed by atoms with Crippen molar-refractivity contribution in [2.75, 3.05) is 6.54 Å². The van der Waals surface area contributed by atoms with Crippen molar-refractivity contribution in [3.05, 3.63) is 34.6 Å². The molecule has 0 fully saturated rings. The molecule has 17 heavy (non-hydrogen) atoms. The summed E-state index contributed by atoms with van der Waals surface area (Å²) in [4.78, 5) is 0.